The third kappa shape index (κ3) is 1.34. The van der Waals surface area contributed by atoms with Gasteiger partial charge in [-0.25, -0.2) is 0 Å². The molecule has 0 N–H and O–H groups in total. The molecular formula is C10H17N. The van der Waals surface area contributed by atoms with Gasteiger partial charge in [0.1, 0.15) is 0 Å². The lowest BCUT2D eigenvalue weighted by Crippen LogP contribution is -2.23. The van der Waals surface area contributed by atoms with Gasteiger partial charge in [0.15, 0.2) is 0 Å². The maximum atomic E-state index is 2.49. The summed E-state index contributed by atoms with van der Waals surface area (Å²) >= 11 is 0. The molecule has 1 unspecified atom stereocenters. The Labute approximate surface area is 69.1 Å². The maximum Gasteiger partial charge on any atom is 0.0280 e. The average molecular weight is 151 g/mol. The first-order chi connectivity index (χ1) is 5.25. The Morgan fingerprint density at radius 1 is 1.55 bits per heavy atom. The fourth-order valence-corrected chi connectivity index (χ4v) is 2.39. The standard InChI is InChI=1S/C10H17N/c1-8-3-4-9-6-10(5-8)11(2)7-9/h5,9-10H,3-4,6-7H2,1-2H3/t9?,10-/m1/s1. The molecule has 0 saturated carbocycles. The first-order valence-electron chi connectivity index (χ1n) is 4.63. The predicted molar refractivity (Wildman–Crippen MR) is 47.5 cm³/mol. The lowest BCUT2D eigenvalue weighted by atomic mass is 10.0. The van der Waals surface area contributed by atoms with Gasteiger partial charge in [-0.2, -0.15) is 0 Å². The topological polar surface area (TPSA) is 3.24 Å². The van der Waals surface area contributed by atoms with E-state index >= 15 is 0 Å². The van der Waals surface area contributed by atoms with Gasteiger partial charge in [0.25, 0.3) is 0 Å². The number of allylic oxidation sites excluding steroid dienone is 1. The molecule has 0 radical (unpaired) electrons. The summed E-state index contributed by atoms with van der Waals surface area (Å²) in [5.41, 5.74) is 1.60. The van der Waals surface area contributed by atoms with Crippen LogP contribution >= 0.6 is 0 Å². The second kappa shape index (κ2) is 2.63. The molecule has 1 aliphatic heterocycles. The minimum Gasteiger partial charge on any atom is -0.300 e. The molecule has 2 rings (SSSR count). The Balaban J connectivity index is 2.17. The van der Waals surface area contributed by atoms with E-state index in [-0.39, 0.29) is 0 Å². The highest BCUT2D eigenvalue weighted by Gasteiger charge is 2.29. The molecule has 1 nitrogen and oxygen atoms in total. The molecule has 0 aromatic heterocycles. The molecule has 0 aromatic carbocycles. The van der Waals surface area contributed by atoms with E-state index in [0.29, 0.717) is 0 Å². The number of nitrogens with zero attached hydrogens (tertiary/aromatic N) is 1. The van der Waals surface area contributed by atoms with E-state index < -0.39 is 0 Å². The van der Waals surface area contributed by atoms with Crippen molar-refractivity contribution in [3.63, 3.8) is 0 Å². The largest absolute Gasteiger partial charge is 0.300 e. The number of hydrogen-bond donors (Lipinski definition) is 0. The fourth-order valence-electron chi connectivity index (χ4n) is 2.39. The van der Waals surface area contributed by atoms with Crippen LogP contribution in [0.5, 0.6) is 0 Å². The number of rotatable bonds is 0. The van der Waals surface area contributed by atoms with Crippen molar-refractivity contribution in [1.29, 1.82) is 0 Å². The van der Waals surface area contributed by atoms with Crippen LogP contribution in [-0.2, 0) is 0 Å². The molecule has 0 amide bonds. The lowest BCUT2D eigenvalue weighted by Gasteiger charge is -2.17. The smallest absolute Gasteiger partial charge is 0.0280 e. The van der Waals surface area contributed by atoms with Crippen molar-refractivity contribution in [2.24, 2.45) is 5.92 Å². The van der Waals surface area contributed by atoms with Gasteiger partial charge >= 0.3 is 0 Å². The monoisotopic (exact) mass is 151 g/mol. The van der Waals surface area contributed by atoms with Gasteiger partial charge in [0, 0.05) is 12.6 Å². The zero-order valence-corrected chi connectivity index (χ0v) is 7.51. The molecular weight excluding hydrogens is 134 g/mol. The number of fused-ring (bicyclic) bond motifs is 2. The van der Waals surface area contributed by atoms with Crippen molar-refractivity contribution in [1.82, 2.24) is 4.90 Å². The van der Waals surface area contributed by atoms with Crippen LogP contribution in [0, 0.1) is 5.92 Å². The molecule has 1 aliphatic carbocycles. The Bertz CT molecular complexity index is 183. The summed E-state index contributed by atoms with van der Waals surface area (Å²) in [5, 5.41) is 0. The van der Waals surface area contributed by atoms with Gasteiger partial charge < -0.3 is 0 Å². The molecule has 2 aliphatic rings. The summed E-state index contributed by atoms with van der Waals surface area (Å²) in [4.78, 5) is 2.49. The molecule has 2 bridgehead atoms. The molecule has 1 heteroatoms. The quantitative estimate of drug-likeness (QED) is 0.479. The lowest BCUT2D eigenvalue weighted by molar-refractivity contribution is 0.340. The SMILES string of the molecule is CC1=C[C@@H]2CC(CC1)CN2C. The minimum absolute atomic E-state index is 0.766. The predicted octanol–water partition coefficient (Wildman–Crippen LogP) is 2.05. The summed E-state index contributed by atoms with van der Waals surface area (Å²) < 4.78 is 0. The van der Waals surface area contributed by atoms with E-state index in [1.54, 1.807) is 5.57 Å². The van der Waals surface area contributed by atoms with Gasteiger partial charge in [-0.15, -0.1) is 0 Å². The molecule has 1 fully saturated rings. The van der Waals surface area contributed by atoms with Crippen LogP contribution in [0.2, 0.25) is 0 Å². The number of likely N-dealkylation sites (tertiary alicyclic amines) is 1. The summed E-state index contributed by atoms with van der Waals surface area (Å²) in [7, 11) is 2.25. The van der Waals surface area contributed by atoms with E-state index in [0.717, 1.165) is 12.0 Å². The summed E-state index contributed by atoms with van der Waals surface area (Å²) in [5.74, 6) is 0.985. The molecule has 2 atom stereocenters. The zero-order chi connectivity index (χ0) is 7.84. The first-order valence-corrected chi connectivity index (χ1v) is 4.63. The Morgan fingerprint density at radius 2 is 2.36 bits per heavy atom. The second-order valence-corrected chi connectivity index (χ2v) is 4.16. The van der Waals surface area contributed by atoms with Crippen LogP contribution in [0.4, 0.5) is 0 Å². The third-order valence-electron chi connectivity index (χ3n) is 3.11. The fraction of sp³-hybridized carbons (Fsp3) is 0.800. The molecule has 11 heavy (non-hydrogen) atoms. The minimum atomic E-state index is 0.766. The van der Waals surface area contributed by atoms with Crippen molar-refractivity contribution in [2.75, 3.05) is 13.6 Å². The molecule has 1 saturated heterocycles. The van der Waals surface area contributed by atoms with Crippen LogP contribution in [-0.4, -0.2) is 24.5 Å². The Hall–Kier alpha value is -0.300. The van der Waals surface area contributed by atoms with Gasteiger partial charge in [-0.1, -0.05) is 11.6 Å². The van der Waals surface area contributed by atoms with Crippen LogP contribution in [0.25, 0.3) is 0 Å². The van der Waals surface area contributed by atoms with E-state index in [1.807, 2.05) is 0 Å². The molecule has 0 aromatic rings. The first kappa shape index (κ1) is 7.35. The highest BCUT2D eigenvalue weighted by atomic mass is 15.1. The van der Waals surface area contributed by atoms with E-state index in [9.17, 15) is 0 Å². The number of hydrogen-bond acceptors (Lipinski definition) is 1. The van der Waals surface area contributed by atoms with Gasteiger partial charge in [0.2, 0.25) is 0 Å². The summed E-state index contributed by atoms with van der Waals surface area (Å²) in [6.45, 7) is 3.60. The van der Waals surface area contributed by atoms with E-state index in [2.05, 4.69) is 24.9 Å². The zero-order valence-electron chi connectivity index (χ0n) is 7.51. The molecule has 62 valence electrons. The highest BCUT2D eigenvalue weighted by molar-refractivity contribution is 5.10. The van der Waals surface area contributed by atoms with Crippen molar-refractivity contribution in [3.05, 3.63) is 11.6 Å². The van der Waals surface area contributed by atoms with Crippen molar-refractivity contribution < 1.29 is 0 Å². The third-order valence-corrected chi connectivity index (χ3v) is 3.11. The van der Waals surface area contributed by atoms with Gasteiger partial charge in [-0.3, -0.25) is 4.90 Å². The van der Waals surface area contributed by atoms with Crippen LogP contribution in [0.3, 0.4) is 0 Å². The molecule has 0 spiro atoms. The Morgan fingerprint density at radius 3 is 3.18 bits per heavy atom. The van der Waals surface area contributed by atoms with E-state index in [4.69, 9.17) is 0 Å². The highest BCUT2D eigenvalue weighted by Crippen LogP contribution is 2.31. The molecule has 1 heterocycles. The number of likely N-dealkylation sites (N-methyl/N-ethyl adjacent to an activating group) is 1. The van der Waals surface area contributed by atoms with Crippen molar-refractivity contribution >= 4 is 0 Å². The van der Waals surface area contributed by atoms with Crippen LogP contribution in [0.1, 0.15) is 26.2 Å². The Kier molecular flexibility index (Phi) is 1.76. The van der Waals surface area contributed by atoms with Crippen molar-refractivity contribution in [3.8, 4) is 0 Å². The summed E-state index contributed by atoms with van der Waals surface area (Å²) in [6, 6.07) is 0.766. The van der Waals surface area contributed by atoms with Gasteiger partial charge in [0.05, 0.1) is 0 Å². The van der Waals surface area contributed by atoms with E-state index in [1.165, 1.54) is 25.8 Å². The normalized spacial score (nSPS) is 38.5. The maximum absolute atomic E-state index is 2.49. The second-order valence-electron chi connectivity index (χ2n) is 4.16. The van der Waals surface area contributed by atoms with Crippen LogP contribution < -0.4 is 0 Å². The van der Waals surface area contributed by atoms with Gasteiger partial charge in [-0.05, 0) is 39.2 Å². The average Bonchev–Trinajstić information content (AvgIpc) is 2.15. The van der Waals surface area contributed by atoms with Crippen molar-refractivity contribution in [2.45, 2.75) is 32.2 Å². The summed E-state index contributed by atoms with van der Waals surface area (Å²) in [6.07, 6.45) is 6.64. The van der Waals surface area contributed by atoms with Crippen LogP contribution in [0.15, 0.2) is 11.6 Å².